The number of esters is 1. The lowest BCUT2D eigenvalue weighted by Gasteiger charge is -2.04. The van der Waals surface area contributed by atoms with Crippen molar-refractivity contribution in [2.45, 2.75) is 20.0 Å². The number of carbonyl (C=O) groups is 1. The summed E-state index contributed by atoms with van der Waals surface area (Å²) < 4.78 is 10.6. The van der Waals surface area contributed by atoms with Gasteiger partial charge in [0.2, 0.25) is 0 Å². The lowest BCUT2D eigenvalue weighted by Crippen LogP contribution is -2.09. The maximum atomic E-state index is 11.4. The summed E-state index contributed by atoms with van der Waals surface area (Å²) in [4.78, 5) is 11.4. The van der Waals surface area contributed by atoms with Crippen LogP contribution in [0.25, 0.3) is 0 Å². The molecule has 1 aliphatic rings. The first kappa shape index (κ1) is 12.1. The molecule has 1 aliphatic carbocycles. The van der Waals surface area contributed by atoms with Gasteiger partial charge < -0.3 is 9.47 Å². The highest BCUT2D eigenvalue weighted by Crippen LogP contribution is 2.39. The fraction of sp³-hybridized carbons (Fsp3) is 0.500. The predicted octanol–water partition coefficient (Wildman–Crippen LogP) is 2.40. The molecule has 1 fully saturated rings. The van der Waals surface area contributed by atoms with Crippen LogP contribution in [0.5, 0.6) is 0 Å². The van der Waals surface area contributed by atoms with Crippen molar-refractivity contribution in [2.75, 3.05) is 13.2 Å². The Labute approximate surface area is 102 Å². The van der Waals surface area contributed by atoms with Crippen molar-refractivity contribution >= 4 is 5.97 Å². The van der Waals surface area contributed by atoms with Crippen molar-refractivity contribution in [3.8, 4) is 0 Å². The molecular formula is C14H18O3. The van der Waals surface area contributed by atoms with Gasteiger partial charge in [-0.05, 0) is 24.8 Å². The largest absolute Gasteiger partial charge is 0.466 e. The molecule has 1 saturated carbocycles. The van der Waals surface area contributed by atoms with E-state index in [0.717, 1.165) is 6.42 Å². The summed E-state index contributed by atoms with van der Waals surface area (Å²) in [7, 11) is 0. The second-order valence-corrected chi connectivity index (χ2v) is 4.36. The molecule has 0 spiro atoms. The van der Waals surface area contributed by atoms with E-state index in [1.807, 2.05) is 37.3 Å². The van der Waals surface area contributed by atoms with Crippen molar-refractivity contribution in [1.29, 1.82) is 0 Å². The Hall–Kier alpha value is -1.35. The number of hydrogen-bond donors (Lipinski definition) is 0. The molecule has 0 heterocycles. The third kappa shape index (κ3) is 3.56. The van der Waals surface area contributed by atoms with E-state index in [1.54, 1.807) is 0 Å². The number of carbonyl (C=O) groups excluding carboxylic acids is 1. The Morgan fingerprint density at radius 2 is 2.12 bits per heavy atom. The zero-order chi connectivity index (χ0) is 12.1. The average Bonchev–Trinajstić information content (AvgIpc) is 3.10. The fourth-order valence-corrected chi connectivity index (χ4v) is 1.87. The Morgan fingerprint density at radius 3 is 2.82 bits per heavy atom. The summed E-state index contributed by atoms with van der Waals surface area (Å²) in [5, 5.41) is 0. The molecule has 3 nitrogen and oxygen atoms in total. The molecule has 0 N–H and O–H groups in total. The van der Waals surface area contributed by atoms with Crippen LogP contribution >= 0.6 is 0 Å². The van der Waals surface area contributed by atoms with Crippen LogP contribution in [-0.2, 0) is 20.9 Å². The van der Waals surface area contributed by atoms with Crippen molar-refractivity contribution in [1.82, 2.24) is 0 Å². The van der Waals surface area contributed by atoms with Crippen molar-refractivity contribution in [3.05, 3.63) is 35.9 Å². The van der Waals surface area contributed by atoms with E-state index in [4.69, 9.17) is 9.47 Å². The quantitative estimate of drug-likeness (QED) is 0.709. The first-order chi connectivity index (χ1) is 8.31. The molecule has 2 atom stereocenters. The maximum Gasteiger partial charge on any atom is 0.309 e. The van der Waals surface area contributed by atoms with Crippen molar-refractivity contribution < 1.29 is 14.3 Å². The molecule has 1 aromatic carbocycles. The highest BCUT2D eigenvalue weighted by Gasteiger charge is 2.44. The summed E-state index contributed by atoms with van der Waals surface area (Å²) in [5.74, 6) is 0.365. The first-order valence-corrected chi connectivity index (χ1v) is 6.09. The average molecular weight is 234 g/mol. The van der Waals surface area contributed by atoms with Gasteiger partial charge in [-0.1, -0.05) is 30.3 Å². The number of benzene rings is 1. The van der Waals surface area contributed by atoms with Gasteiger partial charge in [-0.25, -0.2) is 0 Å². The lowest BCUT2D eigenvalue weighted by atomic mass is 10.2. The molecule has 3 heteroatoms. The van der Waals surface area contributed by atoms with Crippen molar-refractivity contribution in [3.63, 3.8) is 0 Å². The Bertz CT molecular complexity index is 361. The fourth-order valence-electron chi connectivity index (χ4n) is 1.87. The Balaban J connectivity index is 1.63. The summed E-state index contributed by atoms with van der Waals surface area (Å²) in [6.07, 6.45) is 0.910. The highest BCUT2D eigenvalue weighted by molar-refractivity contribution is 5.75. The highest BCUT2D eigenvalue weighted by atomic mass is 16.5. The van der Waals surface area contributed by atoms with Gasteiger partial charge in [0.15, 0.2) is 0 Å². The zero-order valence-electron chi connectivity index (χ0n) is 10.1. The third-order valence-electron chi connectivity index (χ3n) is 2.96. The van der Waals surface area contributed by atoms with Crippen LogP contribution < -0.4 is 0 Å². The molecule has 17 heavy (non-hydrogen) atoms. The standard InChI is InChI=1S/C14H18O3/c1-2-17-14(15)13-8-12(13)10-16-9-11-6-4-3-5-7-11/h3-7,12-13H,2,8-10H2,1H3/t12-,13?/m0/s1. The van der Waals surface area contributed by atoms with Crippen molar-refractivity contribution in [2.24, 2.45) is 11.8 Å². The van der Waals surface area contributed by atoms with Gasteiger partial charge in [-0.2, -0.15) is 0 Å². The summed E-state index contributed by atoms with van der Waals surface area (Å²) >= 11 is 0. The zero-order valence-corrected chi connectivity index (χ0v) is 10.1. The summed E-state index contributed by atoms with van der Waals surface area (Å²) in [5.41, 5.74) is 1.17. The SMILES string of the molecule is CCOC(=O)C1C[C@H]1COCc1ccccc1. The monoisotopic (exact) mass is 234 g/mol. The van der Waals surface area contributed by atoms with Gasteiger partial charge in [-0.3, -0.25) is 4.79 Å². The van der Waals surface area contributed by atoms with Crippen LogP contribution in [0.4, 0.5) is 0 Å². The van der Waals surface area contributed by atoms with E-state index in [9.17, 15) is 4.79 Å². The minimum atomic E-state index is -0.0687. The molecule has 1 unspecified atom stereocenters. The van der Waals surface area contributed by atoms with Gasteiger partial charge in [0, 0.05) is 0 Å². The predicted molar refractivity (Wildman–Crippen MR) is 64.3 cm³/mol. The van der Waals surface area contributed by atoms with Gasteiger partial charge in [-0.15, -0.1) is 0 Å². The van der Waals surface area contributed by atoms with Crippen LogP contribution in [0.3, 0.4) is 0 Å². The minimum absolute atomic E-state index is 0.0687. The molecular weight excluding hydrogens is 216 g/mol. The maximum absolute atomic E-state index is 11.4. The second-order valence-electron chi connectivity index (χ2n) is 4.36. The molecule has 0 amide bonds. The summed E-state index contributed by atoms with van der Waals surface area (Å²) in [6.45, 7) is 3.57. The van der Waals surface area contributed by atoms with E-state index in [2.05, 4.69) is 0 Å². The van der Waals surface area contributed by atoms with Gasteiger partial charge >= 0.3 is 5.97 Å². The Morgan fingerprint density at radius 1 is 1.35 bits per heavy atom. The van der Waals surface area contributed by atoms with Gasteiger partial charge in [0.05, 0.1) is 25.7 Å². The molecule has 1 aromatic rings. The first-order valence-electron chi connectivity index (χ1n) is 6.09. The molecule has 92 valence electrons. The molecule has 0 saturated heterocycles. The molecule has 2 rings (SSSR count). The second kappa shape index (κ2) is 5.82. The van der Waals surface area contributed by atoms with E-state index < -0.39 is 0 Å². The molecule has 0 bridgehead atoms. The number of hydrogen-bond acceptors (Lipinski definition) is 3. The number of ether oxygens (including phenoxy) is 2. The van der Waals surface area contributed by atoms with E-state index in [-0.39, 0.29) is 11.9 Å². The Kier molecular flexibility index (Phi) is 4.15. The minimum Gasteiger partial charge on any atom is -0.466 e. The van der Waals surface area contributed by atoms with Crippen LogP contribution in [0.15, 0.2) is 30.3 Å². The smallest absolute Gasteiger partial charge is 0.309 e. The summed E-state index contributed by atoms with van der Waals surface area (Å²) in [6, 6.07) is 10.1. The topological polar surface area (TPSA) is 35.5 Å². The van der Waals surface area contributed by atoms with E-state index in [0.29, 0.717) is 25.7 Å². The van der Waals surface area contributed by atoms with Crippen LogP contribution in [0.2, 0.25) is 0 Å². The normalized spacial score (nSPS) is 22.2. The van der Waals surface area contributed by atoms with Gasteiger partial charge in [0.1, 0.15) is 0 Å². The van der Waals surface area contributed by atoms with Crippen LogP contribution in [0, 0.1) is 11.8 Å². The van der Waals surface area contributed by atoms with Gasteiger partial charge in [0.25, 0.3) is 0 Å². The van der Waals surface area contributed by atoms with Crippen LogP contribution in [-0.4, -0.2) is 19.2 Å². The molecule has 0 radical (unpaired) electrons. The molecule has 0 aromatic heterocycles. The van der Waals surface area contributed by atoms with E-state index >= 15 is 0 Å². The van der Waals surface area contributed by atoms with Crippen LogP contribution in [0.1, 0.15) is 18.9 Å². The molecule has 0 aliphatic heterocycles. The third-order valence-corrected chi connectivity index (χ3v) is 2.96. The van der Waals surface area contributed by atoms with E-state index in [1.165, 1.54) is 5.56 Å². The lowest BCUT2D eigenvalue weighted by molar-refractivity contribution is -0.145. The number of rotatable bonds is 6.